The van der Waals surface area contributed by atoms with E-state index in [1.165, 1.54) is 17.2 Å². The van der Waals surface area contributed by atoms with Crippen LogP contribution in [0.25, 0.3) is 11.2 Å². The van der Waals surface area contributed by atoms with Gasteiger partial charge in [0.1, 0.15) is 6.33 Å². The summed E-state index contributed by atoms with van der Waals surface area (Å²) < 4.78 is 44.9. The van der Waals surface area contributed by atoms with Crippen LogP contribution < -0.4 is 5.32 Å². The maximum Gasteiger partial charge on any atom is 0.695 e. The number of carbonyl (C=O) groups excluding carboxylic acids is 1. The normalized spacial score (nSPS) is 25.0. The molecule has 0 radical (unpaired) electrons. The fourth-order valence-corrected chi connectivity index (χ4v) is 3.51. The molecule has 12 heteroatoms. The van der Waals surface area contributed by atoms with Crippen molar-refractivity contribution in [1.29, 1.82) is 0 Å². The van der Waals surface area contributed by atoms with E-state index >= 15 is 0 Å². The molecule has 4 rings (SSSR count). The first-order chi connectivity index (χ1) is 14.5. The third kappa shape index (κ3) is 3.73. The minimum absolute atomic E-state index is 0.129. The van der Waals surface area contributed by atoms with E-state index in [1.807, 2.05) is 0 Å². The van der Waals surface area contributed by atoms with Gasteiger partial charge in [0, 0.05) is 11.5 Å². The largest absolute Gasteiger partial charge is 0.695 e. The van der Waals surface area contributed by atoms with E-state index in [1.54, 1.807) is 30.3 Å². The van der Waals surface area contributed by atoms with Crippen molar-refractivity contribution < 1.29 is 29.3 Å². The monoisotopic (exact) mass is 421 g/mol. The number of ether oxygens (including phenoxy) is 1. The number of hydrogen-bond acceptors (Lipinski definition) is 7. The quantitative estimate of drug-likeness (QED) is 0.601. The van der Waals surface area contributed by atoms with Crippen molar-refractivity contribution in [3.05, 3.63) is 48.5 Å². The van der Waals surface area contributed by atoms with Crippen LogP contribution in [-0.2, 0) is 13.8 Å². The number of anilines is 1. The smallest absolute Gasteiger partial charge is 0.349 e. The summed E-state index contributed by atoms with van der Waals surface area (Å²) in [4.78, 5) is 33.7. The minimum atomic E-state index is -3.07. The number of nitrogens with zero attached hydrogens (tertiary/aromatic N) is 4. The maximum absolute atomic E-state index is 14.9. The summed E-state index contributed by atoms with van der Waals surface area (Å²) in [5.41, 5.74) is 0.805. The van der Waals surface area contributed by atoms with Crippen molar-refractivity contribution in [3.8, 4) is 0 Å². The average Bonchev–Trinajstić information content (AvgIpc) is 3.30. The Balaban J connectivity index is 1.63. The molecule has 1 amide bonds. The molecule has 1 fully saturated rings. The molecular formula is C17H16FN5O5P+. The Bertz CT molecular complexity index is 1090. The number of imidazole rings is 1. The van der Waals surface area contributed by atoms with Crippen LogP contribution >= 0.6 is 8.25 Å². The van der Waals surface area contributed by atoms with Gasteiger partial charge in [-0.15, -0.1) is 9.42 Å². The van der Waals surface area contributed by atoms with Crippen LogP contribution in [-0.4, -0.2) is 48.7 Å². The molecule has 150 valence electrons. The van der Waals surface area contributed by atoms with E-state index < -0.39 is 38.8 Å². The Hall–Kier alpha value is -2.85. The summed E-state index contributed by atoms with van der Waals surface area (Å²) in [6.45, 7) is -0.370. The van der Waals surface area contributed by atoms with Crippen molar-refractivity contribution in [2.75, 3.05) is 5.32 Å². The van der Waals surface area contributed by atoms with Gasteiger partial charge in [0.25, 0.3) is 5.91 Å². The predicted molar refractivity (Wildman–Crippen MR) is 98.9 cm³/mol. The Morgan fingerprint density at radius 1 is 1.38 bits per heavy atom. The molecule has 1 aliphatic heterocycles. The van der Waals surface area contributed by atoms with Gasteiger partial charge < -0.3 is 10.1 Å². The molecule has 2 aromatic heterocycles. The number of alkyl halides is 1. The Morgan fingerprint density at radius 3 is 2.90 bits per heavy atom. The van der Waals surface area contributed by atoms with Gasteiger partial charge in [-0.1, -0.05) is 18.2 Å². The van der Waals surface area contributed by atoms with Crippen molar-refractivity contribution in [1.82, 2.24) is 19.5 Å². The highest BCUT2D eigenvalue weighted by Gasteiger charge is 2.49. The van der Waals surface area contributed by atoms with Crippen LogP contribution in [0.1, 0.15) is 24.9 Å². The first-order valence-electron chi connectivity index (χ1n) is 9.16. The summed E-state index contributed by atoms with van der Waals surface area (Å²) in [5.74, 6) is -0.274. The summed E-state index contributed by atoms with van der Waals surface area (Å²) in [5, 5.41) is 2.64. The van der Waals surface area contributed by atoms with Gasteiger partial charge in [-0.25, -0.2) is 19.3 Å². The number of halogens is 1. The molecule has 10 nitrogen and oxygen atoms in total. The third-order valence-corrected chi connectivity index (χ3v) is 4.80. The molecule has 0 spiro atoms. The summed E-state index contributed by atoms with van der Waals surface area (Å²) >= 11 is 0. The number of fused-ring (bicyclic) bond motifs is 1. The van der Waals surface area contributed by atoms with Crippen molar-refractivity contribution in [2.45, 2.75) is 31.5 Å². The highest BCUT2D eigenvalue weighted by Crippen LogP contribution is 2.38. The second-order valence-corrected chi connectivity index (χ2v) is 6.87. The van der Waals surface area contributed by atoms with E-state index in [4.69, 9.17) is 15.5 Å². The first kappa shape index (κ1) is 18.2. The van der Waals surface area contributed by atoms with Crippen LogP contribution in [0.15, 0.2) is 43.0 Å². The van der Waals surface area contributed by atoms with Crippen molar-refractivity contribution >= 4 is 31.1 Å². The highest BCUT2D eigenvalue weighted by molar-refractivity contribution is 7.32. The van der Waals surface area contributed by atoms with E-state index in [-0.39, 0.29) is 23.9 Å². The summed E-state index contributed by atoms with van der Waals surface area (Å²) in [6.07, 6.45) is -3.12. The number of nitrogens with one attached hydrogen (secondary N) is 1. The number of carbonyl (C=O) groups is 1. The number of benzene rings is 1. The summed E-state index contributed by atoms with van der Waals surface area (Å²) in [6, 6.07) is 8.50. The lowest BCUT2D eigenvalue weighted by Crippen LogP contribution is -2.28. The molecule has 1 aliphatic rings. The molecule has 3 heterocycles. The average molecular weight is 421 g/mol. The van der Waals surface area contributed by atoms with E-state index in [0.29, 0.717) is 5.56 Å². The lowest BCUT2D eigenvalue weighted by atomic mass is 10.2. The molecule has 0 saturated carbocycles. The highest BCUT2D eigenvalue weighted by atomic mass is 31.1. The van der Waals surface area contributed by atoms with Crippen molar-refractivity contribution in [2.24, 2.45) is 0 Å². The van der Waals surface area contributed by atoms with Gasteiger partial charge in [0.2, 0.25) is 0 Å². The molecule has 1 saturated heterocycles. The van der Waals surface area contributed by atoms with Crippen LogP contribution in [0.5, 0.6) is 0 Å². The SMILES string of the molecule is [2H]C[C@H]1O[C@@H](n2cnc3c(NC(=O)c4ccccc4)ncnc32)[C@H](F)[C@@H]1O[P+](=O)O. The van der Waals surface area contributed by atoms with Crippen LogP contribution in [0.3, 0.4) is 0 Å². The van der Waals surface area contributed by atoms with E-state index in [2.05, 4.69) is 20.3 Å². The molecule has 0 aliphatic carbocycles. The second-order valence-electron chi connectivity index (χ2n) is 6.18. The van der Waals surface area contributed by atoms with Crippen molar-refractivity contribution in [3.63, 3.8) is 0 Å². The lowest BCUT2D eigenvalue weighted by molar-refractivity contribution is -0.0127. The van der Waals surface area contributed by atoms with Gasteiger partial charge in [0.05, 0.1) is 12.4 Å². The van der Waals surface area contributed by atoms with Crippen LogP contribution in [0, 0.1) is 0 Å². The first-order valence-corrected chi connectivity index (χ1v) is 9.58. The predicted octanol–water partition coefficient (Wildman–Crippen LogP) is 2.37. The Morgan fingerprint density at radius 2 is 2.17 bits per heavy atom. The van der Waals surface area contributed by atoms with Gasteiger partial charge in [-0.2, -0.15) is 0 Å². The van der Waals surface area contributed by atoms with Gasteiger partial charge in [0.15, 0.2) is 35.5 Å². The second kappa shape index (κ2) is 7.88. The molecule has 3 aromatic rings. The Kier molecular flexibility index (Phi) is 4.94. The fourth-order valence-electron chi connectivity index (χ4n) is 3.05. The molecule has 2 N–H and O–H groups in total. The zero-order valence-corrected chi connectivity index (χ0v) is 15.6. The van der Waals surface area contributed by atoms with Gasteiger partial charge >= 0.3 is 8.25 Å². The molecule has 29 heavy (non-hydrogen) atoms. The number of aromatic nitrogens is 4. The molecular weight excluding hydrogens is 404 g/mol. The number of amides is 1. The minimum Gasteiger partial charge on any atom is -0.349 e. The van der Waals surface area contributed by atoms with Crippen LogP contribution in [0.2, 0.25) is 0 Å². The number of rotatable bonds is 5. The zero-order chi connectivity index (χ0) is 21.3. The van der Waals surface area contributed by atoms with Crippen LogP contribution in [0.4, 0.5) is 10.2 Å². The summed E-state index contributed by atoms with van der Waals surface area (Å²) in [7, 11) is -3.07. The van der Waals surface area contributed by atoms with E-state index in [0.717, 1.165) is 0 Å². The molecule has 1 unspecified atom stereocenters. The van der Waals surface area contributed by atoms with E-state index in [9.17, 15) is 13.8 Å². The molecule has 5 atom stereocenters. The Labute approximate surface area is 166 Å². The molecule has 0 bridgehead atoms. The third-order valence-electron chi connectivity index (χ3n) is 4.38. The van der Waals surface area contributed by atoms with Gasteiger partial charge in [-0.3, -0.25) is 9.36 Å². The zero-order valence-electron chi connectivity index (χ0n) is 15.8. The molecule has 1 aromatic carbocycles. The lowest BCUT2D eigenvalue weighted by Gasteiger charge is -2.14. The standard InChI is InChI=1S/C17H15FN5O5P/c1-9-13(28-29(25)26)11(18)17(27-9)23-8-21-12-14(19-7-20-15(12)23)22-16(24)10-5-3-2-4-6-10/h2-9,11,13,17H,1H3,(H-,19,20,22,24,25,26)/p+1/t9-,11-,13-,17-/m1/s1/i1D. The maximum atomic E-state index is 14.9. The fraction of sp³-hybridized carbons (Fsp3) is 0.294. The number of hydrogen-bond donors (Lipinski definition) is 2. The van der Waals surface area contributed by atoms with Gasteiger partial charge in [-0.05, 0) is 19.0 Å². The topological polar surface area (TPSA) is 128 Å².